The van der Waals surface area contributed by atoms with Crippen molar-refractivity contribution >= 4 is 11.3 Å². The first-order valence-corrected chi connectivity index (χ1v) is 7.20. The van der Waals surface area contributed by atoms with Gasteiger partial charge in [0.05, 0.1) is 18.0 Å². The van der Waals surface area contributed by atoms with E-state index in [-0.39, 0.29) is 6.61 Å². The van der Waals surface area contributed by atoms with E-state index in [1.165, 1.54) is 10.4 Å². The van der Waals surface area contributed by atoms with Crippen LogP contribution in [0.15, 0.2) is 23.8 Å². The van der Waals surface area contributed by atoms with Crippen LogP contribution in [-0.2, 0) is 13.1 Å². The summed E-state index contributed by atoms with van der Waals surface area (Å²) in [6.07, 6.45) is 3.59. The molecule has 0 saturated carbocycles. The lowest BCUT2D eigenvalue weighted by atomic mass is 10.2. The van der Waals surface area contributed by atoms with Gasteiger partial charge in [0.25, 0.3) is 0 Å². The van der Waals surface area contributed by atoms with Gasteiger partial charge in [-0.3, -0.25) is 14.9 Å². The Hall–Kier alpha value is -1.30. The average molecular weight is 277 g/mol. The third-order valence-corrected chi connectivity index (χ3v) is 3.98. The summed E-state index contributed by atoms with van der Waals surface area (Å²) >= 11 is 1.76. The largest absolute Gasteiger partial charge is 0.395 e. The third kappa shape index (κ3) is 4.09. The van der Waals surface area contributed by atoms with Gasteiger partial charge in [-0.05, 0) is 30.9 Å². The van der Waals surface area contributed by atoms with Crippen LogP contribution in [0.2, 0.25) is 0 Å². The van der Waals surface area contributed by atoms with Crippen LogP contribution in [0.25, 0.3) is 0 Å². The lowest BCUT2D eigenvalue weighted by Gasteiger charge is -2.20. The quantitative estimate of drug-likeness (QED) is 0.879. The second-order valence-electron chi connectivity index (χ2n) is 4.61. The second kappa shape index (κ2) is 6.75. The summed E-state index contributed by atoms with van der Waals surface area (Å²) in [4.78, 5) is 12.2. The lowest BCUT2D eigenvalue weighted by molar-refractivity contribution is 0.183. The molecule has 5 heteroatoms. The molecule has 1 N–H and O–H groups in total. The fraction of sp³-hybridized carbons (Fsp3) is 0.429. The van der Waals surface area contributed by atoms with E-state index < -0.39 is 0 Å². The Bertz CT molecular complexity index is 510. The fourth-order valence-electron chi connectivity index (χ4n) is 1.85. The number of aromatic nitrogens is 2. The number of nitrogens with zero attached hydrogens (tertiary/aromatic N) is 3. The Morgan fingerprint density at radius 1 is 1.21 bits per heavy atom. The van der Waals surface area contributed by atoms with Gasteiger partial charge in [-0.2, -0.15) is 0 Å². The summed E-state index contributed by atoms with van der Waals surface area (Å²) in [5, 5.41) is 11.3. The van der Waals surface area contributed by atoms with E-state index in [2.05, 4.69) is 33.2 Å². The highest BCUT2D eigenvalue weighted by Crippen LogP contribution is 2.18. The maximum absolute atomic E-state index is 9.18. The second-order valence-corrected chi connectivity index (χ2v) is 5.61. The number of aliphatic hydroxyl groups is 1. The molecule has 0 aliphatic heterocycles. The van der Waals surface area contributed by atoms with E-state index in [0.717, 1.165) is 17.9 Å². The Morgan fingerprint density at radius 3 is 2.63 bits per heavy atom. The minimum atomic E-state index is 0.156. The minimum Gasteiger partial charge on any atom is -0.395 e. The molecule has 0 amide bonds. The van der Waals surface area contributed by atoms with Gasteiger partial charge < -0.3 is 5.11 Å². The van der Waals surface area contributed by atoms with E-state index in [0.29, 0.717) is 13.1 Å². The van der Waals surface area contributed by atoms with Gasteiger partial charge in [-0.25, -0.2) is 0 Å². The van der Waals surface area contributed by atoms with Crippen LogP contribution >= 0.6 is 11.3 Å². The molecule has 19 heavy (non-hydrogen) atoms. The molecule has 0 spiro atoms. The maximum Gasteiger partial charge on any atom is 0.0727 e. The van der Waals surface area contributed by atoms with Crippen molar-refractivity contribution in [1.29, 1.82) is 0 Å². The monoisotopic (exact) mass is 277 g/mol. The Morgan fingerprint density at radius 2 is 2.05 bits per heavy atom. The van der Waals surface area contributed by atoms with E-state index in [4.69, 9.17) is 0 Å². The zero-order valence-corrected chi connectivity index (χ0v) is 12.2. The molecule has 0 bridgehead atoms. The first-order chi connectivity index (χ1) is 9.19. The highest BCUT2D eigenvalue weighted by Gasteiger charge is 2.10. The number of aryl methyl sites for hydroxylation is 2. The molecule has 2 aromatic heterocycles. The fourth-order valence-corrected chi connectivity index (χ4v) is 2.80. The molecule has 0 fully saturated rings. The van der Waals surface area contributed by atoms with Crippen molar-refractivity contribution < 1.29 is 5.11 Å². The smallest absolute Gasteiger partial charge is 0.0727 e. The molecule has 0 aliphatic rings. The van der Waals surface area contributed by atoms with Gasteiger partial charge in [-0.15, -0.1) is 11.3 Å². The molecular weight excluding hydrogens is 258 g/mol. The highest BCUT2D eigenvalue weighted by atomic mass is 32.1. The summed E-state index contributed by atoms with van der Waals surface area (Å²) in [7, 11) is 0. The topological polar surface area (TPSA) is 49.2 Å². The average Bonchev–Trinajstić information content (AvgIpc) is 2.78. The summed E-state index contributed by atoms with van der Waals surface area (Å²) in [6.45, 7) is 6.41. The van der Waals surface area contributed by atoms with Gasteiger partial charge in [-0.1, -0.05) is 0 Å². The van der Waals surface area contributed by atoms with Crippen molar-refractivity contribution in [2.45, 2.75) is 26.9 Å². The van der Waals surface area contributed by atoms with Crippen LogP contribution < -0.4 is 0 Å². The van der Waals surface area contributed by atoms with Crippen molar-refractivity contribution in [2.75, 3.05) is 13.2 Å². The summed E-state index contributed by atoms with van der Waals surface area (Å²) in [6, 6.07) is 2.13. The molecule has 0 atom stereocenters. The van der Waals surface area contributed by atoms with Crippen molar-refractivity contribution in [2.24, 2.45) is 0 Å². The first-order valence-electron chi connectivity index (χ1n) is 6.32. The maximum atomic E-state index is 9.18. The molecule has 2 rings (SSSR count). The van der Waals surface area contributed by atoms with Crippen molar-refractivity contribution in [3.05, 3.63) is 45.7 Å². The van der Waals surface area contributed by atoms with Crippen LogP contribution in [0.4, 0.5) is 0 Å². The van der Waals surface area contributed by atoms with Crippen LogP contribution in [0, 0.1) is 13.8 Å². The Kier molecular flexibility index (Phi) is 5.01. The van der Waals surface area contributed by atoms with Gasteiger partial charge >= 0.3 is 0 Å². The van der Waals surface area contributed by atoms with Crippen LogP contribution in [0.5, 0.6) is 0 Å². The number of hydrogen-bond acceptors (Lipinski definition) is 5. The zero-order chi connectivity index (χ0) is 13.7. The summed E-state index contributed by atoms with van der Waals surface area (Å²) in [5.74, 6) is 0. The van der Waals surface area contributed by atoms with Gasteiger partial charge in [0, 0.05) is 36.9 Å². The van der Waals surface area contributed by atoms with Crippen molar-refractivity contribution in [1.82, 2.24) is 14.9 Å². The highest BCUT2D eigenvalue weighted by molar-refractivity contribution is 7.10. The summed E-state index contributed by atoms with van der Waals surface area (Å²) in [5.41, 5.74) is 3.17. The Labute approximate surface area is 117 Å². The van der Waals surface area contributed by atoms with Crippen LogP contribution in [0.3, 0.4) is 0 Å². The molecule has 0 aliphatic carbocycles. The van der Waals surface area contributed by atoms with Crippen molar-refractivity contribution in [3.8, 4) is 0 Å². The van der Waals surface area contributed by atoms with E-state index in [9.17, 15) is 5.11 Å². The molecule has 0 saturated heterocycles. The van der Waals surface area contributed by atoms with Crippen LogP contribution in [-0.4, -0.2) is 33.1 Å². The molecule has 0 unspecified atom stereocenters. The molecule has 0 radical (unpaired) electrons. The predicted molar refractivity (Wildman–Crippen MR) is 77.0 cm³/mol. The minimum absolute atomic E-state index is 0.156. The molecule has 102 valence electrons. The van der Waals surface area contributed by atoms with E-state index >= 15 is 0 Å². The molecular formula is C14H19N3OS. The van der Waals surface area contributed by atoms with Crippen LogP contribution in [0.1, 0.15) is 21.8 Å². The molecule has 0 aromatic carbocycles. The van der Waals surface area contributed by atoms with Crippen molar-refractivity contribution in [3.63, 3.8) is 0 Å². The normalized spacial score (nSPS) is 11.2. The predicted octanol–water partition coefficient (Wildman–Crippen LogP) is 2.15. The number of rotatable bonds is 6. The molecule has 4 nitrogen and oxygen atoms in total. The van der Waals surface area contributed by atoms with Gasteiger partial charge in [0.15, 0.2) is 0 Å². The van der Waals surface area contributed by atoms with E-state index in [1.807, 2.05) is 6.92 Å². The number of aliphatic hydroxyl groups excluding tert-OH is 1. The zero-order valence-electron chi connectivity index (χ0n) is 11.3. The lowest BCUT2D eigenvalue weighted by Crippen LogP contribution is -2.26. The van der Waals surface area contributed by atoms with Gasteiger partial charge in [0.1, 0.15) is 0 Å². The molecule has 2 aromatic rings. The van der Waals surface area contributed by atoms with Gasteiger partial charge in [0.2, 0.25) is 0 Å². The first kappa shape index (κ1) is 14.1. The third-order valence-electron chi connectivity index (χ3n) is 2.97. The van der Waals surface area contributed by atoms with E-state index in [1.54, 1.807) is 23.7 Å². The summed E-state index contributed by atoms with van der Waals surface area (Å²) < 4.78 is 0. The standard InChI is InChI=1S/C14H19N3OS/c1-11-3-6-19-14(11)10-17(4-5-18)9-13-8-15-12(2)7-16-13/h3,6-8,18H,4-5,9-10H2,1-2H3. The SMILES string of the molecule is Cc1cnc(CN(CCO)Cc2sccc2C)cn1. The molecule has 2 heterocycles. The Balaban J connectivity index is 2.03. The number of hydrogen-bond donors (Lipinski definition) is 1. The number of thiophene rings is 1.